The lowest BCUT2D eigenvalue weighted by molar-refractivity contribution is -0.137. The molecule has 0 aliphatic rings. The molecule has 0 unspecified atom stereocenters. The first-order valence-corrected chi connectivity index (χ1v) is 7.71. The maximum Gasteiger partial charge on any atom is 0.416 e. The molecule has 6 nitrogen and oxygen atoms in total. The van der Waals surface area contributed by atoms with Crippen LogP contribution < -0.4 is 20.3 Å². The summed E-state index contributed by atoms with van der Waals surface area (Å²) >= 11 is 0. The van der Waals surface area contributed by atoms with E-state index >= 15 is 0 Å². The lowest BCUT2D eigenvalue weighted by Crippen LogP contribution is -2.42. The first kappa shape index (κ1) is 20.1. The van der Waals surface area contributed by atoms with Gasteiger partial charge in [0.1, 0.15) is 11.5 Å². The molecule has 0 atom stereocenters. The van der Waals surface area contributed by atoms with Crippen LogP contribution in [0.1, 0.15) is 21.5 Å². The molecule has 27 heavy (non-hydrogen) atoms. The predicted molar refractivity (Wildman–Crippen MR) is 90.3 cm³/mol. The number of rotatable bonds is 5. The second-order valence-corrected chi connectivity index (χ2v) is 5.48. The summed E-state index contributed by atoms with van der Waals surface area (Å²) in [6, 6.07) is 8.86. The van der Waals surface area contributed by atoms with Crippen LogP contribution in [0.2, 0.25) is 0 Å². The topological polar surface area (TPSA) is 76.7 Å². The minimum absolute atomic E-state index is 0.166. The Morgan fingerprint density at radius 2 is 1.59 bits per heavy atom. The monoisotopic (exact) mass is 382 g/mol. The van der Waals surface area contributed by atoms with Crippen molar-refractivity contribution in [3.63, 3.8) is 0 Å². The molecule has 0 spiro atoms. The van der Waals surface area contributed by atoms with Crippen LogP contribution in [0.25, 0.3) is 0 Å². The second kappa shape index (κ2) is 8.43. The van der Waals surface area contributed by atoms with Crippen molar-refractivity contribution in [2.75, 3.05) is 14.2 Å². The summed E-state index contributed by atoms with van der Waals surface area (Å²) in [5.41, 5.74) is 3.85. The molecule has 0 aromatic heterocycles. The minimum Gasteiger partial charge on any atom is -0.497 e. The number of amides is 2. The molecule has 2 amide bonds. The zero-order valence-corrected chi connectivity index (χ0v) is 14.5. The number of carbonyl (C=O) groups excluding carboxylic acids is 2. The maximum atomic E-state index is 12.7. The standard InChI is InChI=1S/C18H17F3N2O4/c1-26-14-8-12(9-15(10-14)27-2)17(25)23-22-16(24)7-11-4-3-5-13(6-11)18(19,20)21/h3-6,8-10H,7H2,1-2H3,(H,22,24)(H,23,25). The normalized spacial score (nSPS) is 10.9. The van der Waals surface area contributed by atoms with Gasteiger partial charge in [-0.3, -0.25) is 20.4 Å². The molecule has 0 heterocycles. The minimum atomic E-state index is -4.49. The van der Waals surface area contributed by atoms with Gasteiger partial charge in [0.2, 0.25) is 5.91 Å². The van der Waals surface area contributed by atoms with Crippen LogP contribution >= 0.6 is 0 Å². The Kier molecular flexibility index (Phi) is 6.27. The Hall–Kier alpha value is -3.23. The fraction of sp³-hybridized carbons (Fsp3) is 0.222. The van der Waals surface area contributed by atoms with E-state index in [0.29, 0.717) is 11.5 Å². The zero-order valence-electron chi connectivity index (χ0n) is 14.5. The van der Waals surface area contributed by atoms with Gasteiger partial charge in [0.25, 0.3) is 5.91 Å². The van der Waals surface area contributed by atoms with Gasteiger partial charge >= 0.3 is 6.18 Å². The van der Waals surface area contributed by atoms with E-state index in [2.05, 4.69) is 10.9 Å². The lowest BCUT2D eigenvalue weighted by atomic mass is 10.1. The third kappa shape index (κ3) is 5.63. The molecule has 9 heteroatoms. The summed E-state index contributed by atoms with van der Waals surface area (Å²) in [5, 5.41) is 0. The number of nitrogens with one attached hydrogen (secondary N) is 2. The Balaban J connectivity index is 1.99. The van der Waals surface area contributed by atoms with Crippen LogP contribution in [-0.4, -0.2) is 26.0 Å². The van der Waals surface area contributed by atoms with Gasteiger partial charge in [-0.05, 0) is 23.8 Å². The number of alkyl halides is 3. The summed E-state index contributed by atoms with van der Waals surface area (Å²) in [7, 11) is 2.85. The Bertz CT molecular complexity index is 815. The molecule has 0 aliphatic carbocycles. The van der Waals surface area contributed by atoms with Crippen molar-refractivity contribution >= 4 is 11.8 Å². The van der Waals surface area contributed by atoms with Gasteiger partial charge in [0.05, 0.1) is 26.2 Å². The van der Waals surface area contributed by atoms with E-state index < -0.39 is 23.6 Å². The fourth-order valence-corrected chi connectivity index (χ4v) is 2.22. The first-order chi connectivity index (χ1) is 12.7. The van der Waals surface area contributed by atoms with Crippen LogP contribution in [0, 0.1) is 0 Å². The fourth-order valence-electron chi connectivity index (χ4n) is 2.22. The van der Waals surface area contributed by atoms with Crippen LogP contribution in [0.5, 0.6) is 11.5 Å². The quantitative estimate of drug-likeness (QED) is 0.780. The van der Waals surface area contributed by atoms with E-state index in [1.807, 2.05) is 0 Å². The second-order valence-electron chi connectivity index (χ2n) is 5.48. The molecule has 2 rings (SSSR count). The van der Waals surface area contributed by atoms with Gasteiger partial charge in [0.15, 0.2) is 0 Å². The van der Waals surface area contributed by atoms with E-state index in [4.69, 9.17) is 9.47 Å². The van der Waals surface area contributed by atoms with Gasteiger partial charge in [-0.15, -0.1) is 0 Å². The van der Waals surface area contributed by atoms with Gasteiger partial charge < -0.3 is 9.47 Å². The smallest absolute Gasteiger partial charge is 0.416 e. The number of methoxy groups -OCH3 is 2. The number of halogens is 3. The molecule has 2 aromatic carbocycles. The molecule has 2 aromatic rings. The summed E-state index contributed by atoms with van der Waals surface area (Å²) in [6.07, 6.45) is -4.82. The van der Waals surface area contributed by atoms with Crippen molar-refractivity contribution in [1.82, 2.24) is 10.9 Å². The highest BCUT2D eigenvalue weighted by atomic mass is 19.4. The van der Waals surface area contributed by atoms with Crippen molar-refractivity contribution in [3.05, 3.63) is 59.2 Å². The lowest BCUT2D eigenvalue weighted by Gasteiger charge is -2.11. The van der Waals surface area contributed by atoms with E-state index in [-0.39, 0.29) is 17.5 Å². The third-order valence-corrected chi connectivity index (χ3v) is 3.55. The molecule has 0 radical (unpaired) electrons. The van der Waals surface area contributed by atoms with Crippen molar-refractivity contribution in [1.29, 1.82) is 0 Å². The summed E-state index contributed by atoms with van der Waals surface area (Å²) in [5.74, 6) is -0.535. The zero-order chi connectivity index (χ0) is 20.0. The first-order valence-electron chi connectivity index (χ1n) is 7.71. The molecule has 0 bridgehead atoms. The number of hydrazine groups is 1. The molecular weight excluding hydrogens is 365 g/mol. The number of hydrogen-bond donors (Lipinski definition) is 2. The molecule has 0 saturated carbocycles. The maximum absolute atomic E-state index is 12.7. The van der Waals surface area contributed by atoms with E-state index in [9.17, 15) is 22.8 Å². The van der Waals surface area contributed by atoms with E-state index in [1.165, 1.54) is 38.5 Å². The summed E-state index contributed by atoms with van der Waals surface area (Å²) in [6.45, 7) is 0. The summed E-state index contributed by atoms with van der Waals surface area (Å²) in [4.78, 5) is 24.0. The third-order valence-electron chi connectivity index (χ3n) is 3.55. The van der Waals surface area contributed by atoms with Gasteiger partial charge in [-0.25, -0.2) is 0 Å². The van der Waals surface area contributed by atoms with Crippen LogP contribution in [0.4, 0.5) is 13.2 Å². The molecule has 0 aliphatic heterocycles. The number of ether oxygens (including phenoxy) is 2. The van der Waals surface area contributed by atoms with Crippen LogP contribution in [0.15, 0.2) is 42.5 Å². The van der Waals surface area contributed by atoms with Gasteiger partial charge in [0, 0.05) is 11.6 Å². The number of benzene rings is 2. The molecular formula is C18H17F3N2O4. The van der Waals surface area contributed by atoms with Gasteiger partial charge in [-0.1, -0.05) is 18.2 Å². The van der Waals surface area contributed by atoms with Crippen LogP contribution in [0.3, 0.4) is 0 Å². The average molecular weight is 382 g/mol. The molecule has 2 N–H and O–H groups in total. The van der Waals surface area contributed by atoms with Crippen molar-refractivity contribution < 1.29 is 32.2 Å². The molecule has 0 fully saturated rings. The Morgan fingerprint density at radius 3 is 2.15 bits per heavy atom. The SMILES string of the molecule is COc1cc(OC)cc(C(=O)NNC(=O)Cc2cccc(C(F)(F)F)c2)c1. The highest BCUT2D eigenvalue weighted by Gasteiger charge is 2.30. The predicted octanol–water partition coefficient (Wildman–Crippen LogP) is 2.73. The largest absolute Gasteiger partial charge is 0.497 e. The van der Waals surface area contributed by atoms with E-state index in [0.717, 1.165) is 12.1 Å². The Labute approximate surface area is 153 Å². The van der Waals surface area contributed by atoms with Crippen molar-refractivity contribution in [2.45, 2.75) is 12.6 Å². The Morgan fingerprint density at radius 1 is 0.963 bits per heavy atom. The van der Waals surface area contributed by atoms with E-state index in [1.54, 1.807) is 6.07 Å². The molecule has 144 valence electrons. The molecule has 0 saturated heterocycles. The van der Waals surface area contributed by atoms with Crippen molar-refractivity contribution in [2.24, 2.45) is 0 Å². The highest BCUT2D eigenvalue weighted by molar-refractivity contribution is 5.96. The summed E-state index contributed by atoms with van der Waals surface area (Å²) < 4.78 is 48.2. The number of carbonyl (C=O) groups is 2. The van der Waals surface area contributed by atoms with Crippen LogP contribution in [-0.2, 0) is 17.4 Å². The van der Waals surface area contributed by atoms with Crippen molar-refractivity contribution in [3.8, 4) is 11.5 Å². The average Bonchev–Trinajstić information content (AvgIpc) is 2.65. The highest BCUT2D eigenvalue weighted by Crippen LogP contribution is 2.29. The number of hydrogen-bond acceptors (Lipinski definition) is 4. The van der Waals surface area contributed by atoms with Gasteiger partial charge in [-0.2, -0.15) is 13.2 Å².